The summed E-state index contributed by atoms with van der Waals surface area (Å²) in [6, 6.07) is 0.865. The van der Waals surface area contributed by atoms with Crippen LogP contribution in [0, 0.1) is 0 Å². The molecule has 0 aliphatic carbocycles. The summed E-state index contributed by atoms with van der Waals surface area (Å²) < 4.78 is 3.59. The Morgan fingerprint density at radius 2 is 2.31 bits per heavy atom. The number of hydrogen-bond acceptors (Lipinski definition) is 12. The lowest BCUT2D eigenvalue weighted by Crippen LogP contribution is -2.71. The van der Waals surface area contributed by atoms with Crippen LogP contribution in [0.5, 0.6) is 0 Å². The number of rotatable bonds is 7. The van der Waals surface area contributed by atoms with Crippen LogP contribution in [0.2, 0.25) is 0 Å². The van der Waals surface area contributed by atoms with Gasteiger partial charge in [-0.15, -0.1) is 32.5 Å². The van der Waals surface area contributed by atoms with Gasteiger partial charge in [-0.05, 0) is 0 Å². The topological polar surface area (TPSA) is 191 Å². The minimum absolute atomic E-state index is 0.154. The average Bonchev–Trinajstić information content (AvgIpc) is 3.46. The zero-order valence-electron chi connectivity index (χ0n) is 18.9. The summed E-state index contributed by atoms with van der Waals surface area (Å²) in [6.07, 6.45) is 1.20. The van der Waals surface area contributed by atoms with E-state index >= 15 is 0 Å². The van der Waals surface area contributed by atoms with Crippen LogP contribution in [0.1, 0.15) is 5.69 Å². The van der Waals surface area contributed by atoms with Crippen molar-refractivity contribution in [2.45, 2.75) is 30.6 Å². The van der Waals surface area contributed by atoms with E-state index in [9.17, 15) is 24.6 Å². The van der Waals surface area contributed by atoms with Gasteiger partial charge in [0.25, 0.3) is 11.8 Å². The second-order valence-corrected chi connectivity index (χ2v) is 10.2. The number of thiazole rings is 1. The maximum absolute atomic E-state index is 13.0. The maximum atomic E-state index is 13.0. The molecule has 3 aliphatic rings. The third-order valence-corrected chi connectivity index (χ3v) is 7.95. The number of aromatic nitrogens is 3. The Balaban J connectivity index is 1.35. The lowest BCUT2D eigenvalue weighted by molar-refractivity contribution is -0.768. The van der Waals surface area contributed by atoms with Crippen LogP contribution >= 0.6 is 23.1 Å². The molecular formula is C20H22N8O6S2. The molecule has 5 heterocycles. The summed E-state index contributed by atoms with van der Waals surface area (Å²) >= 11 is 2.45. The van der Waals surface area contributed by atoms with E-state index < -0.39 is 35.3 Å². The molecule has 3 aliphatic heterocycles. The number of thioether (sulfide) groups is 1. The second-order valence-electron chi connectivity index (χ2n) is 8.21. The minimum Gasteiger partial charge on any atom is -0.543 e. The van der Waals surface area contributed by atoms with Gasteiger partial charge >= 0.3 is 0 Å². The SMILES string of the molecule is CON=C(C(=O)N[C@@H]1C(=O)N2C(C(=O)[O-])=C(C[n+]3ccc4n3CC(O)CN4)CS[C@H]12)c1csc(N)n1. The van der Waals surface area contributed by atoms with Gasteiger partial charge in [-0.2, -0.15) is 0 Å². The van der Waals surface area contributed by atoms with Crippen molar-refractivity contribution in [1.82, 2.24) is 19.9 Å². The molecule has 1 saturated heterocycles. The minimum atomic E-state index is -1.47. The van der Waals surface area contributed by atoms with E-state index in [1.54, 1.807) is 10.9 Å². The summed E-state index contributed by atoms with van der Waals surface area (Å²) in [5, 5.41) is 32.6. The van der Waals surface area contributed by atoms with Crippen molar-refractivity contribution < 1.29 is 34.1 Å². The number of carbonyl (C=O) groups is 3. The maximum Gasteiger partial charge on any atom is 0.276 e. The fraction of sp³-hybridized carbons (Fsp3) is 0.400. The zero-order valence-corrected chi connectivity index (χ0v) is 20.5. The first-order valence-corrected chi connectivity index (χ1v) is 12.7. The van der Waals surface area contributed by atoms with Crippen LogP contribution in [0.3, 0.4) is 0 Å². The molecular weight excluding hydrogens is 512 g/mol. The highest BCUT2D eigenvalue weighted by atomic mass is 32.2. The van der Waals surface area contributed by atoms with E-state index in [-0.39, 0.29) is 28.8 Å². The molecule has 190 valence electrons. The van der Waals surface area contributed by atoms with Gasteiger partial charge in [0.2, 0.25) is 0 Å². The van der Waals surface area contributed by atoms with Crippen molar-refractivity contribution in [3.8, 4) is 0 Å². The highest BCUT2D eigenvalue weighted by molar-refractivity contribution is 8.00. The van der Waals surface area contributed by atoms with Crippen molar-refractivity contribution in [3.05, 3.63) is 34.6 Å². The molecule has 3 atom stereocenters. The number of anilines is 2. The quantitative estimate of drug-likeness (QED) is 0.124. The first-order chi connectivity index (χ1) is 17.3. The number of aliphatic hydroxyl groups excluding tert-OH is 1. The molecule has 36 heavy (non-hydrogen) atoms. The fourth-order valence-corrected chi connectivity index (χ4v) is 6.21. The van der Waals surface area contributed by atoms with Gasteiger partial charge in [-0.1, -0.05) is 5.16 Å². The number of β-amino-alcohol motifs (C(OH)–C–C–N with tert-alkyl or cyclic N) is 1. The molecule has 0 bridgehead atoms. The monoisotopic (exact) mass is 534 g/mol. The number of hydrogen-bond donors (Lipinski definition) is 4. The number of nitrogens with zero attached hydrogens (tertiary/aromatic N) is 5. The third-order valence-electron chi connectivity index (χ3n) is 5.94. The van der Waals surface area contributed by atoms with Gasteiger partial charge < -0.3 is 36.2 Å². The van der Waals surface area contributed by atoms with Crippen LogP contribution in [-0.2, 0) is 32.3 Å². The predicted octanol–water partition coefficient (Wildman–Crippen LogP) is -2.94. The second kappa shape index (κ2) is 9.44. The fourth-order valence-electron chi connectivity index (χ4n) is 4.33. The van der Waals surface area contributed by atoms with E-state index in [2.05, 4.69) is 20.8 Å². The number of nitrogen functional groups attached to an aromatic ring is 1. The van der Waals surface area contributed by atoms with E-state index in [1.807, 2.05) is 10.7 Å². The number of carboxylic acids is 1. The van der Waals surface area contributed by atoms with Gasteiger partial charge in [0.1, 0.15) is 30.8 Å². The molecule has 0 radical (unpaired) electrons. The molecule has 2 aromatic rings. The summed E-state index contributed by atoms with van der Waals surface area (Å²) in [7, 11) is 1.27. The number of aliphatic carboxylic acids is 1. The Labute approximate surface area is 212 Å². The normalized spacial score (nSPS) is 23.4. The molecule has 2 amide bonds. The number of amides is 2. The molecule has 0 saturated carbocycles. The molecule has 1 fully saturated rings. The highest BCUT2D eigenvalue weighted by Crippen LogP contribution is 2.40. The molecule has 16 heteroatoms. The molecule has 5 rings (SSSR count). The Bertz CT molecular complexity index is 1300. The lowest BCUT2D eigenvalue weighted by atomic mass is 10.0. The highest BCUT2D eigenvalue weighted by Gasteiger charge is 2.53. The number of β-lactam (4-membered cyclic amide) rings is 1. The number of nitrogens with two attached hydrogens (primary N) is 1. The number of carboxylic acid groups (broad SMARTS) is 1. The van der Waals surface area contributed by atoms with Gasteiger partial charge in [0, 0.05) is 23.3 Å². The summed E-state index contributed by atoms with van der Waals surface area (Å²) in [6.45, 7) is 0.969. The van der Waals surface area contributed by atoms with E-state index in [0.717, 1.165) is 22.1 Å². The van der Waals surface area contributed by atoms with E-state index in [0.29, 0.717) is 24.4 Å². The number of fused-ring (bicyclic) bond motifs is 2. The van der Waals surface area contributed by atoms with Crippen LogP contribution in [0.4, 0.5) is 10.9 Å². The number of nitrogens with one attached hydrogen (secondary N) is 2. The molecule has 14 nitrogen and oxygen atoms in total. The standard InChI is InChI=1S/C20H22N8O6S2/c1-34-25-13(11-8-36-20(21)23-11)16(30)24-14-17(31)28-15(19(32)33)9(7-35-18(14)28)5-26-3-2-12-22-4-10(29)6-27(12)26/h2-3,8,10,14,18,29H,4-7H2,1H3,(H4,21,23,24,30,32,33)/t10?,14-,18-/m1/s1. The molecule has 2 aromatic heterocycles. The number of aliphatic hydroxyl groups is 1. The van der Waals surface area contributed by atoms with E-state index in [1.165, 1.54) is 24.3 Å². The van der Waals surface area contributed by atoms with Crippen LogP contribution in [-0.4, -0.2) is 80.1 Å². The van der Waals surface area contributed by atoms with Crippen LogP contribution in [0.25, 0.3) is 0 Å². The molecule has 5 N–H and O–H groups in total. The Morgan fingerprint density at radius 3 is 3.00 bits per heavy atom. The largest absolute Gasteiger partial charge is 0.543 e. The summed E-state index contributed by atoms with van der Waals surface area (Å²) in [4.78, 5) is 47.9. The van der Waals surface area contributed by atoms with Crippen molar-refractivity contribution in [2.75, 3.05) is 30.5 Å². The van der Waals surface area contributed by atoms with Crippen molar-refractivity contribution >= 4 is 57.5 Å². The van der Waals surface area contributed by atoms with Crippen LogP contribution < -0.4 is 26.2 Å². The zero-order chi connectivity index (χ0) is 25.6. The predicted molar refractivity (Wildman–Crippen MR) is 126 cm³/mol. The smallest absolute Gasteiger partial charge is 0.276 e. The first kappa shape index (κ1) is 24.1. The number of carbonyl (C=O) groups excluding carboxylic acids is 3. The Morgan fingerprint density at radius 1 is 1.50 bits per heavy atom. The van der Waals surface area contributed by atoms with Crippen molar-refractivity contribution in [1.29, 1.82) is 0 Å². The molecule has 1 unspecified atom stereocenters. The molecule has 0 spiro atoms. The van der Waals surface area contributed by atoms with Crippen molar-refractivity contribution in [2.24, 2.45) is 5.16 Å². The Hall–Kier alpha value is -3.63. The third kappa shape index (κ3) is 4.16. The van der Waals surface area contributed by atoms with Gasteiger partial charge in [0.05, 0.1) is 23.8 Å². The van der Waals surface area contributed by atoms with E-state index in [4.69, 9.17) is 10.6 Å². The van der Waals surface area contributed by atoms with Gasteiger partial charge in [-0.3, -0.25) is 14.5 Å². The lowest BCUT2D eigenvalue weighted by Gasteiger charge is -2.50. The van der Waals surface area contributed by atoms with Crippen molar-refractivity contribution in [3.63, 3.8) is 0 Å². The van der Waals surface area contributed by atoms with Crippen LogP contribution in [0.15, 0.2) is 34.1 Å². The Kier molecular flexibility index (Phi) is 6.31. The average molecular weight is 535 g/mol. The molecule has 0 aromatic carbocycles. The number of oxime groups is 1. The van der Waals surface area contributed by atoms with Gasteiger partial charge in [-0.25, -0.2) is 4.98 Å². The summed E-state index contributed by atoms with van der Waals surface area (Å²) in [5.74, 6) is -1.65. The van der Waals surface area contributed by atoms with Gasteiger partial charge in [0.15, 0.2) is 29.4 Å². The first-order valence-electron chi connectivity index (χ1n) is 10.8. The summed E-state index contributed by atoms with van der Waals surface area (Å²) in [5.41, 5.74) is 5.96.